The van der Waals surface area contributed by atoms with Crippen molar-refractivity contribution in [1.29, 1.82) is 0 Å². The third kappa shape index (κ3) is 6.37. The number of amides is 1. The number of ether oxygens (including phenoxy) is 1. The van der Waals surface area contributed by atoms with Gasteiger partial charge in [-0.3, -0.25) is 4.79 Å². The van der Waals surface area contributed by atoms with E-state index in [2.05, 4.69) is 36.5 Å². The van der Waals surface area contributed by atoms with Gasteiger partial charge in [-0.25, -0.2) is 13.5 Å². The lowest BCUT2D eigenvalue weighted by Crippen LogP contribution is -2.38. The molecule has 0 spiro atoms. The van der Waals surface area contributed by atoms with Crippen LogP contribution in [0.5, 0.6) is 0 Å². The predicted octanol–water partition coefficient (Wildman–Crippen LogP) is 4.82. The lowest BCUT2D eigenvalue weighted by atomic mass is 10.0. The molecule has 1 amide bonds. The van der Waals surface area contributed by atoms with E-state index in [1.54, 1.807) is 12.1 Å². The third-order valence-corrected chi connectivity index (χ3v) is 5.41. The first-order valence-corrected chi connectivity index (χ1v) is 10.9. The summed E-state index contributed by atoms with van der Waals surface area (Å²) in [5.41, 5.74) is 4.00. The number of aromatic nitrogens is 2. The van der Waals surface area contributed by atoms with E-state index in [9.17, 15) is 9.18 Å². The number of aryl methyl sites for hydroxylation is 1. The smallest absolute Gasteiger partial charge is 0.266 e. The molecule has 1 atom stereocenters. The van der Waals surface area contributed by atoms with Crippen LogP contribution in [0.3, 0.4) is 0 Å². The number of halogens is 1. The maximum atomic E-state index is 13.0. The average molecular weight is 445 g/mol. The van der Waals surface area contributed by atoms with Crippen LogP contribution < -0.4 is 9.88 Å². The molecular formula is C27H27FN3O2+. The molecule has 168 valence electrons. The number of nitrogens with zero attached hydrogens (tertiary/aromatic N) is 2. The highest BCUT2D eigenvalue weighted by Crippen LogP contribution is 2.24. The lowest BCUT2D eigenvalue weighted by molar-refractivity contribution is -0.683. The van der Waals surface area contributed by atoms with Crippen molar-refractivity contribution in [2.45, 2.75) is 32.7 Å². The van der Waals surface area contributed by atoms with Crippen molar-refractivity contribution < 1.29 is 18.5 Å². The summed E-state index contributed by atoms with van der Waals surface area (Å²) >= 11 is 0. The minimum Gasteiger partial charge on any atom is -0.365 e. The SMILES string of the molecule is Cc1ccccc1C(Cn1cc[n+](CC(=O)Nc2ccc(F)cc2)c1)OCc1ccccc1. The average Bonchev–Trinajstić information content (AvgIpc) is 3.26. The molecule has 1 aromatic heterocycles. The zero-order chi connectivity index (χ0) is 23.0. The fourth-order valence-corrected chi connectivity index (χ4v) is 3.69. The van der Waals surface area contributed by atoms with Crippen LogP contribution in [0.1, 0.15) is 22.8 Å². The van der Waals surface area contributed by atoms with Crippen molar-refractivity contribution in [2.75, 3.05) is 5.32 Å². The number of anilines is 1. The Balaban J connectivity index is 1.42. The van der Waals surface area contributed by atoms with Gasteiger partial charge in [0.1, 0.15) is 30.9 Å². The molecule has 0 saturated carbocycles. The van der Waals surface area contributed by atoms with Crippen LogP contribution in [0.25, 0.3) is 0 Å². The van der Waals surface area contributed by atoms with E-state index in [1.165, 1.54) is 17.7 Å². The van der Waals surface area contributed by atoms with Gasteiger partial charge < -0.3 is 10.1 Å². The van der Waals surface area contributed by atoms with Crippen molar-refractivity contribution >= 4 is 11.6 Å². The standard InChI is InChI=1S/C27H26FN3O2/c1-21-7-5-6-10-25(21)26(33-19-22-8-3-2-4-9-22)17-30-15-16-31(20-30)18-27(32)29-24-13-11-23(28)12-14-24/h2-16,20,26H,17-19H2,1H3/p+1. The number of nitrogens with one attached hydrogen (secondary N) is 1. The second-order valence-electron chi connectivity index (χ2n) is 7.98. The van der Waals surface area contributed by atoms with E-state index in [-0.39, 0.29) is 24.4 Å². The van der Waals surface area contributed by atoms with Crippen LogP contribution in [-0.2, 0) is 29.2 Å². The zero-order valence-corrected chi connectivity index (χ0v) is 18.5. The highest BCUT2D eigenvalue weighted by molar-refractivity contribution is 5.89. The van der Waals surface area contributed by atoms with Gasteiger partial charge in [0.05, 0.1) is 6.61 Å². The molecule has 0 aliphatic heterocycles. The number of carbonyl (C=O) groups is 1. The molecule has 5 nitrogen and oxygen atoms in total. The summed E-state index contributed by atoms with van der Waals surface area (Å²) in [6.07, 6.45) is 5.54. The maximum absolute atomic E-state index is 13.0. The van der Waals surface area contributed by atoms with Crippen LogP contribution in [-0.4, -0.2) is 10.5 Å². The quantitative estimate of drug-likeness (QED) is 0.376. The van der Waals surface area contributed by atoms with Gasteiger partial charge in [0.15, 0.2) is 6.54 Å². The summed E-state index contributed by atoms with van der Waals surface area (Å²) in [4.78, 5) is 12.4. The molecule has 0 radical (unpaired) electrons. The lowest BCUT2D eigenvalue weighted by Gasteiger charge is -2.19. The highest BCUT2D eigenvalue weighted by Gasteiger charge is 2.19. The van der Waals surface area contributed by atoms with Gasteiger partial charge in [-0.2, -0.15) is 0 Å². The number of hydrogen-bond acceptors (Lipinski definition) is 2. The van der Waals surface area contributed by atoms with Gasteiger partial charge in [0.25, 0.3) is 5.91 Å². The van der Waals surface area contributed by atoms with E-state index in [4.69, 9.17) is 4.74 Å². The van der Waals surface area contributed by atoms with Crippen molar-refractivity contribution in [1.82, 2.24) is 4.57 Å². The van der Waals surface area contributed by atoms with Crippen LogP contribution >= 0.6 is 0 Å². The minimum absolute atomic E-state index is 0.139. The van der Waals surface area contributed by atoms with Crippen molar-refractivity contribution in [2.24, 2.45) is 0 Å². The first-order chi connectivity index (χ1) is 16.1. The zero-order valence-electron chi connectivity index (χ0n) is 18.5. The van der Waals surface area contributed by atoms with Gasteiger partial charge >= 0.3 is 0 Å². The summed E-state index contributed by atoms with van der Waals surface area (Å²) in [6.45, 7) is 3.37. The van der Waals surface area contributed by atoms with E-state index >= 15 is 0 Å². The Bertz CT molecular complexity index is 1190. The number of imidazole rings is 1. The third-order valence-electron chi connectivity index (χ3n) is 5.41. The molecule has 4 rings (SSSR count). The second-order valence-corrected chi connectivity index (χ2v) is 7.98. The minimum atomic E-state index is -0.336. The molecule has 33 heavy (non-hydrogen) atoms. The Morgan fingerprint density at radius 1 is 1.03 bits per heavy atom. The number of rotatable bonds is 9. The van der Waals surface area contributed by atoms with E-state index in [1.807, 2.05) is 58.2 Å². The fraction of sp³-hybridized carbons (Fsp3) is 0.185. The second kappa shape index (κ2) is 10.7. The van der Waals surface area contributed by atoms with Crippen molar-refractivity contribution in [3.63, 3.8) is 0 Å². The Hall–Kier alpha value is -3.77. The summed E-state index contributed by atoms with van der Waals surface area (Å²) in [5, 5.41) is 2.78. The van der Waals surface area contributed by atoms with Gasteiger partial charge in [0, 0.05) is 5.69 Å². The topological polar surface area (TPSA) is 47.1 Å². The molecule has 1 N–H and O–H groups in total. The van der Waals surface area contributed by atoms with Crippen molar-refractivity contribution in [3.05, 3.63) is 120 Å². The summed E-state index contributed by atoms with van der Waals surface area (Å²) < 4.78 is 23.2. The maximum Gasteiger partial charge on any atom is 0.266 e. The number of hydrogen-bond donors (Lipinski definition) is 1. The van der Waals surface area contributed by atoms with Crippen LogP contribution in [0.2, 0.25) is 0 Å². The summed E-state index contributed by atoms with van der Waals surface area (Å²) in [6, 6.07) is 24.1. The fourth-order valence-electron chi connectivity index (χ4n) is 3.69. The number of benzene rings is 3. The van der Waals surface area contributed by atoms with Gasteiger partial charge in [0.2, 0.25) is 6.33 Å². The molecule has 0 aliphatic rings. The van der Waals surface area contributed by atoms with Crippen LogP contribution in [0.4, 0.5) is 10.1 Å². The molecule has 1 unspecified atom stereocenters. The molecule has 6 heteroatoms. The Morgan fingerprint density at radius 2 is 1.76 bits per heavy atom. The molecule has 0 aliphatic carbocycles. The van der Waals surface area contributed by atoms with Gasteiger partial charge in [-0.1, -0.05) is 54.6 Å². The van der Waals surface area contributed by atoms with E-state index < -0.39 is 0 Å². The van der Waals surface area contributed by atoms with Crippen molar-refractivity contribution in [3.8, 4) is 0 Å². The molecule has 1 heterocycles. The molecule has 0 fully saturated rings. The number of carbonyl (C=O) groups excluding carboxylic acids is 1. The molecule has 0 saturated heterocycles. The van der Waals surface area contributed by atoms with Crippen LogP contribution in [0, 0.1) is 12.7 Å². The highest BCUT2D eigenvalue weighted by atomic mass is 19.1. The molecular weight excluding hydrogens is 417 g/mol. The Morgan fingerprint density at radius 3 is 2.52 bits per heavy atom. The summed E-state index contributed by atoms with van der Waals surface area (Å²) in [7, 11) is 0. The van der Waals surface area contributed by atoms with Gasteiger partial charge in [-0.15, -0.1) is 0 Å². The molecule has 3 aromatic carbocycles. The first-order valence-electron chi connectivity index (χ1n) is 10.9. The van der Waals surface area contributed by atoms with Gasteiger partial charge in [-0.05, 0) is 47.9 Å². The monoisotopic (exact) mass is 444 g/mol. The molecule has 0 bridgehead atoms. The normalized spacial score (nSPS) is 11.8. The Kier molecular flexibility index (Phi) is 7.27. The predicted molar refractivity (Wildman–Crippen MR) is 125 cm³/mol. The Labute approximate surface area is 193 Å². The van der Waals surface area contributed by atoms with E-state index in [0.717, 1.165) is 11.1 Å². The van der Waals surface area contributed by atoms with Crippen LogP contribution in [0.15, 0.2) is 97.6 Å². The first kappa shape index (κ1) is 22.4. The van der Waals surface area contributed by atoms with E-state index in [0.29, 0.717) is 18.8 Å². The summed E-state index contributed by atoms with van der Waals surface area (Å²) in [5.74, 6) is -0.516. The molecule has 4 aromatic rings. The largest absolute Gasteiger partial charge is 0.365 e.